The van der Waals surface area contributed by atoms with E-state index in [0.29, 0.717) is 34.9 Å². The summed E-state index contributed by atoms with van der Waals surface area (Å²) in [7, 11) is 0. The summed E-state index contributed by atoms with van der Waals surface area (Å²) >= 11 is 0. The minimum Gasteiger partial charge on any atom is -0.506 e. The van der Waals surface area contributed by atoms with Crippen LogP contribution in [0.4, 0.5) is 0 Å². The highest BCUT2D eigenvalue weighted by Gasteiger charge is 2.23. The average molecular weight is 342 g/mol. The highest BCUT2D eigenvalue weighted by molar-refractivity contribution is 6.12. The summed E-state index contributed by atoms with van der Waals surface area (Å²) in [5, 5.41) is 10.8. The van der Waals surface area contributed by atoms with Gasteiger partial charge in [0.05, 0.1) is 11.1 Å². The van der Waals surface area contributed by atoms with Crippen LogP contribution >= 0.6 is 0 Å². The molecule has 0 atom stereocenters. The van der Waals surface area contributed by atoms with E-state index in [9.17, 15) is 14.7 Å². The molecule has 1 N–H and O–H groups in total. The maximum absolute atomic E-state index is 11.7. The largest absolute Gasteiger partial charge is 0.506 e. The molecular weight excluding hydrogens is 328 g/mol. The van der Waals surface area contributed by atoms with Crippen LogP contribution in [0.1, 0.15) is 20.7 Å². The van der Waals surface area contributed by atoms with Gasteiger partial charge in [0.25, 0.3) is 0 Å². The van der Waals surface area contributed by atoms with Crippen molar-refractivity contribution in [3.05, 3.63) is 77.9 Å². The fourth-order valence-electron chi connectivity index (χ4n) is 3.18. The number of phenolic OH excluding ortho intramolecular Hbond substituents is 1. The summed E-state index contributed by atoms with van der Waals surface area (Å²) in [5.41, 5.74) is 2.85. The minimum atomic E-state index is -0.333. The molecule has 1 heterocycles. The first-order valence-corrected chi connectivity index (χ1v) is 8.08. The Morgan fingerprint density at radius 1 is 0.808 bits per heavy atom. The van der Waals surface area contributed by atoms with E-state index in [-0.39, 0.29) is 16.9 Å². The number of rotatable bonds is 4. The number of aldehydes is 2. The second-order valence-electron chi connectivity index (χ2n) is 5.88. The molecule has 0 bridgehead atoms. The Bertz CT molecular complexity index is 1110. The Labute approximate surface area is 149 Å². The van der Waals surface area contributed by atoms with Gasteiger partial charge in [0.15, 0.2) is 12.6 Å². The predicted octanol–water partition coefficient (Wildman–Crippen LogP) is 5.10. The molecule has 0 aliphatic heterocycles. The molecule has 0 aliphatic rings. The number of furan rings is 1. The first-order valence-electron chi connectivity index (χ1n) is 8.08. The van der Waals surface area contributed by atoms with Gasteiger partial charge in [-0.2, -0.15) is 0 Å². The molecule has 0 fully saturated rings. The summed E-state index contributed by atoms with van der Waals surface area (Å²) in [6.45, 7) is 0. The third kappa shape index (κ3) is 2.40. The number of benzene rings is 3. The van der Waals surface area contributed by atoms with Crippen molar-refractivity contribution in [3.8, 4) is 28.2 Å². The van der Waals surface area contributed by atoms with Crippen LogP contribution in [0.15, 0.2) is 71.1 Å². The Balaban J connectivity index is 2.18. The van der Waals surface area contributed by atoms with Gasteiger partial charge in [-0.05, 0) is 11.6 Å². The van der Waals surface area contributed by atoms with Gasteiger partial charge in [0.1, 0.15) is 17.1 Å². The van der Waals surface area contributed by atoms with Gasteiger partial charge in [-0.15, -0.1) is 0 Å². The lowest BCUT2D eigenvalue weighted by Gasteiger charge is -2.06. The SMILES string of the molecule is O=Cc1cc2oc(-c3ccccc3)c(-c3ccccc3)c2c(C=O)c1O. The summed E-state index contributed by atoms with van der Waals surface area (Å²) < 4.78 is 6.05. The quantitative estimate of drug-likeness (QED) is 0.524. The zero-order valence-electron chi connectivity index (χ0n) is 13.7. The van der Waals surface area contributed by atoms with Crippen LogP contribution in [-0.2, 0) is 0 Å². The molecular formula is C22H14O4. The normalized spacial score (nSPS) is 10.8. The number of carbonyl (C=O) groups is 2. The van der Waals surface area contributed by atoms with Crippen molar-refractivity contribution in [2.75, 3.05) is 0 Å². The van der Waals surface area contributed by atoms with Crippen LogP contribution in [-0.4, -0.2) is 17.7 Å². The lowest BCUT2D eigenvalue weighted by atomic mass is 9.95. The molecule has 0 saturated heterocycles. The summed E-state index contributed by atoms with van der Waals surface area (Å²) in [6, 6.07) is 20.5. The van der Waals surface area contributed by atoms with Gasteiger partial charge in [0.2, 0.25) is 0 Å². The molecule has 126 valence electrons. The molecule has 4 nitrogen and oxygen atoms in total. The van der Waals surface area contributed by atoms with Crippen molar-refractivity contribution in [2.45, 2.75) is 0 Å². The van der Waals surface area contributed by atoms with Crippen LogP contribution in [0.25, 0.3) is 33.4 Å². The third-order valence-electron chi connectivity index (χ3n) is 4.36. The highest BCUT2D eigenvalue weighted by atomic mass is 16.3. The lowest BCUT2D eigenvalue weighted by Crippen LogP contribution is -1.91. The van der Waals surface area contributed by atoms with Crippen LogP contribution in [0.3, 0.4) is 0 Å². The van der Waals surface area contributed by atoms with Crippen molar-refractivity contribution in [1.82, 2.24) is 0 Å². The van der Waals surface area contributed by atoms with E-state index in [1.54, 1.807) is 0 Å². The number of hydrogen-bond donors (Lipinski definition) is 1. The standard InChI is InChI=1S/C22H14O4/c23-12-16-11-18-20(17(13-24)21(16)25)19(14-7-3-1-4-8-14)22(26-18)15-9-5-2-6-10-15/h1-13,25H. The van der Waals surface area contributed by atoms with E-state index >= 15 is 0 Å². The predicted molar refractivity (Wildman–Crippen MR) is 99.5 cm³/mol. The fourth-order valence-corrected chi connectivity index (χ4v) is 3.18. The van der Waals surface area contributed by atoms with Crippen molar-refractivity contribution >= 4 is 23.5 Å². The topological polar surface area (TPSA) is 67.5 Å². The Morgan fingerprint density at radius 2 is 1.42 bits per heavy atom. The zero-order valence-corrected chi connectivity index (χ0v) is 13.7. The maximum atomic E-state index is 11.7. The molecule has 0 unspecified atom stereocenters. The van der Waals surface area contributed by atoms with Crippen molar-refractivity contribution in [2.24, 2.45) is 0 Å². The van der Waals surface area contributed by atoms with E-state index in [1.165, 1.54) is 6.07 Å². The van der Waals surface area contributed by atoms with E-state index in [2.05, 4.69) is 0 Å². The van der Waals surface area contributed by atoms with Crippen LogP contribution in [0.5, 0.6) is 5.75 Å². The van der Waals surface area contributed by atoms with Gasteiger partial charge in [-0.3, -0.25) is 9.59 Å². The van der Waals surface area contributed by atoms with Gasteiger partial charge < -0.3 is 9.52 Å². The molecule has 0 radical (unpaired) electrons. The second kappa shape index (κ2) is 6.33. The van der Waals surface area contributed by atoms with Crippen molar-refractivity contribution in [1.29, 1.82) is 0 Å². The first-order chi connectivity index (χ1) is 12.7. The number of aromatic hydroxyl groups is 1. The van der Waals surface area contributed by atoms with E-state index in [0.717, 1.165) is 11.1 Å². The van der Waals surface area contributed by atoms with Gasteiger partial charge >= 0.3 is 0 Å². The fraction of sp³-hybridized carbons (Fsp3) is 0. The van der Waals surface area contributed by atoms with E-state index in [4.69, 9.17) is 4.42 Å². The molecule has 0 spiro atoms. The van der Waals surface area contributed by atoms with Crippen molar-refractivity contribution in [3.63, 3.8) is 0 Å². The Kier molecular flexibility index (Phi) is 3.86. The zero-order chi connectivity index (χ0) is 18.1. The number of fused-ring (bicyclic) bond motifs is 1. The molecule has 4 heteroatoms. The molecule has 0 saturated carbocycles. The highest BCUT2D eigenvalue weighted by Crippen LogP contribution is 2.44. The maximum Gasteiger partial charge on any atom is 0.154 e. The van der Waals surface area contributed by atoms with Crippen LogP contribution in [0.2, 0.25) is 0 Å². The van der Waals surface area contributed by atoms with Gasteiger partial charge in [-0.25, -0.2) is 0 Å². The summed E-state index contributed by atoms with van der Waals surface area (Å²) in [5.74, 6) is 0.248. The first kappa shape index (κ1) is 15.8. The molecule has 1 aromatic heterocycles. The lowest BCUT2D eigenvalue weighted by molar-refractivity contribution is 0.112. The molecule has 0 aliphatic carbocycles. The Morgan fingerprint density at radius 3 is 2.00 bits per heavy atom. The summed E-state index contributed by atoms with van der Waals surface area (Å²) in [4.78, 5) is 23.0. The third-order valence-corrected chi connectivity index (χ3v) is 4.36. The van der Waals surface area contributed by atoms with E-state index < -0.39 is 0 Å². The Hall–Kier alpha value is -3.66. The van der Waals surface area contributed by atoms with Crippen LogP contribution in [0, 0.1) is 0 Å². The molecule has 26 heavy (non-hydrogen) atoms. The number of hydrogen-bond acceptors (Lipinski definition) is 4. The second-order valence-corrected chi connectivity index (χ2v) is 5.88. The smallest absolute Gasteiger partial charge is 0.154 e. The minimum absolute atomic E-state index is 0.0209. The number of phenols is 1. The molecule has 4 aromatic rings. The average Bonchev–Trinajstić information content (AvgIpc) is 3.08. The van der Waals surface area contributed by atoms with Gasteiger partial charge in [0, 0.05) is 16.5 Å². The van der Waals surface area contributed by atoms with Gasteiger partial charge in [-0.1, -0.05) is 60.7 Å². The van der Waals surface area contributed by atoms with Crippen molar-refractivity contribution < 1.29 is 19.1 Å². The molecule has 3 aromatic carbocycles. The molecule has 4 rings (SSSR count). The van der Waals surface area contributed by atoms with Crippen LogP contribution < -0.4 is 0 Å². The number of carbonyl (C=O) groups excluding carboxylic acids is 2. The monoisotopic (exact) mass is 342 g/mol. The summed E-state index contributed by atoms with van der Waals surface area (Å²) in [6.07, 6.45) is 1.07. The van der Waals surface area contributed by atoms with E-state index in [1.807, 2.05) is 60.7 Å². The molecule has 0 amide bonds.